The smallest absolute Gasteiger partial charge is 0.326 e. The van der Waals surface area contributed by atoms with Crippen molar-refractivity contribution < 1.29 is 14.7 Å². The number of carboxylic acids is 1. The van der Waals surface area contributed by atoms with E-state index < -0.39 is 17.9 Å². The topological polar surface area (TPSA) is 79.3 Å². The van der Waals surface area contributed by atoms with Gasteiger partial charge in [-0.3, -0.25) is 9.78 Å². The van der Waals surface area contributed by atoms with Gasteiger partial charge in [-0.2, -0.15) is 0 Å². The maximum Gasteiger partial charge on any atom is 0.326 e. The number of aryl methyl sites for hydroxylation is 1. The summed E-state index contributed by atoms with van der Waals surface area (Å²) in [5, 5.41) is 11.4. The van der Waals surface area contributed by atoms with Crippen LogP contribution in [-0.2, 0) is 4.79 Å². The lowest BCUT2D eigenvalue weighted by molar-refractivity contribution is -0.139. The van der Waals surface area contributed by atoms with Gasteiger partial charge in [0.15, 0.2) is 0 Å². The highest BCUT2D eigenvalue weighted by Gasteiger charge is 2.19. The SMILES string of the molecule is CCCC(NC(=O)c1ccc(C)nc1)C(=O)O. The van der Waals surface area contributed by atoms with Crippen LogP contribution in [0.4, 0.5) is 0 Å². The number of carbonyl (C=O) groups excluding carboxylic acids is 1. The fraction of sp³-hybridized carbons (Fsp3) is 0.417. The summed E-state index contributed by atoms with van der Waals surface area (Å²) in [6.07, 6.45) is 2.55. The van der Waals surface area contributed by atoms with Crippen LogP contribution in [0.1, 0.15) is 35.8 Å². The number of aromatic nitrogens is 1. The fourth-order valence-corrected chi connectivity index (χ4v) is 1.39. The summed E-state index contributed by atoms with van der Waals surface area (Å²) < 4.78 is 0. The quantitative estimate of drug-likeness (QED) is 0.809. The highest BCUT2D eigenvalue weighted by atomic mass is 16.4. The summed E-state index contributed by atoms with van der Waals surface area (Å²) in [5.41, 5.74) is 1.18. The van der Waals surface area contributed by atoms with Crippen molar-refractivity contribution in [1.82, 2.24) is 10.3 Å². The third-order valence-corrected chi connectivity index (χ3v) is 2.35. The van der Waals surface area contributed by atoms with Crippen molar-refractivity contribution in [3.63, 3.8) is 0 Å². The zero-order chi connectivity index (χ0) is 12.8. The van der Waals surface area contributed by atoms with Crippen LogP contribution >= 0.6 is 0 Å². The third kappa shape index (κ3) is 3.86. The lowest BCUT2D eigenvalue weighted by Crippen LogP contribution is -2.40. The van der Waals surface area contributed by atoms with Crippen LogP contribution in [0.5, 0.6) is 0 Å². The van der Waals surface area contributed by atoms with E-state index in [0.29, 0.717) is 18.4 Å². The Hall–Kier alpha value is -1.91. The Kier molecular flexibility index (Phi) is 4.63. The molecule has 1 atom stereocenters. The number of pyridine rings is 1. The molecule has 0 fully saturated rings. The van der Waals surface area contributed by atoms with Gasteiger partial charge in [0.25, 0.3) is 5.91 Å². The molecular formula is C12H16N2O3. The first-order valence-electron chi connectivity index (χ1n) is 5.51. The molecule has 92 valence electrons. The Morgan fingerprint density at radius 1 is 1.47 bits per heavy atom. The Morgan fingerprint density at radius 3 is 2.65 bits per heavy atom. The van der Waals surface area contributed by atoms with Crippen molar-refractivity contribution >= 4 is 11.9 Å². The second-order valence-electron chi connectivity index (χ2n) is 3.84. The van der Waals surface area contributed by atoms with Gasteiger partial charge in [0.2, 0.25) is 0 Å². The van der Waals surface area contributed by atoms with Crippen molar-refractivity contribution in [2.75, 3.05) is 0 Å². The molecule has 17 heavy (non-hydrogen) atoms. The summed E-state index contributed by atoms with van der Waals surface area (Å²) in [6, 6.07) is 2.50. The molecule has 0 aliphatic heterocycles. The molecule has 1 aromatic rings. The van der Waals surface area contributed by atoms with Crippen molar-refractivity contribution in [3.05, 3.63) is 29.6 Å². The lowest BCUT2D eigenvalue weighted by Gasteiger charge is -2.13. The minimum absolute atomic E-state index is 0.373. The van der Waals surface area contributed by atoms with Gasteiger partial charge in [-0.1, -0.05) is 13.3 Å². The number of carbonyl (C=O) groups is 2. The first-order valence-corrected chi connectivity index (χ1v) is 5.51. The van der Waals surface area contributed by atoms with Gasteiger partial charge in [0.05, 0.1) is 5.56 Å². The summed E-state index contributed by atoms with van der Waals surface area (Å²) in [5.74, 6) is -1.42. The van der Waals surface area contributed by atoms with E-state index in [-0.39, 0.29) is 0 Å². The van der Waals surface area contributed by atoms with E-state index >= 15 is 0 Å². The van der Waals surface area contributed by atoms with Gasteiger partial charge < -0.3 is 10.4 Å². The van der Waals surface area contributed by atoms with Gasteiger partial charge in [0, 0.05) is 11.9 Å². The molecule has 1 heterocycles. The minimum atomic E-state index is -1.01. The van der Waals surface area contributed by atoms with E-state index in [1.54, 1.807) is 12.1 Å². The van der Waals surface area contributed by atoms with Gasteiger partial charge in [-0.15, -0.1) is 0 Å². The third-order valence-electron chi connectivity index (χ3n) is 2.35. The minimum Gasteiger partial charge on any atom is -0.480 e. The zero-order valence-electron chi connectivity index (χ0n) is 9.93. The van der Waals surface area contributed by atoms with Crippen LogP contribution in [-0.4, -0.2) is 28.0 Å². The molecule has 0 saturated carbocycles. The van der Waals surface area contributed by atoms with Crippen molar-refractivity contribution in [3.8, 4) is 0 Å². The highest BCUT2D eigenvalue weighted by Crippen LogP contribution is 2.02. The van der Waals surface area contributed by atoms with Crippen molar-refractivity contribution in [1.29, 1.82) is 0 Å². The maximum absolute atomic E-state index is 11.7. The molecule has 0 aliphatic carbocycles. The Balaban J connectivity index is 2.70. The molecule has 1 unspecified atom stereocenters. The molecular weight excluding hydrogens is 220 g/mol. The van der Waals surface area contributed by atoms with Crippen LogP contribution in [0, 0.1) is 6.92 Å². The summed E-state index contributed by atoms with van der Waals surface area (Å²) in [7, 11) is 0. The monoisotopic (exact) mass is 236 g/mol. The molecule has 0 aliphatic rings. The van der Waals surface area contributed by atoms with E-state index in [0.717, 1.165) is 5.69 Å². The summed E-state index contributed by atoms with van der Waals surface area (Å²) >= 11 is 0. The zero-order valence-corrected chi connectivity index (χ0v) is 9.93. The predicted molar refractivity (Wildman–Crippen MR) is 62.8 cm³/mol. The fourth-order valence-electron chi connectivity index (χ4n) is 1.39. The molecule has 5 heteroatoms. The average molecular weight is 236 g/mol. The molecule has 5 nitrogen and oxygen atoms in total. The molecule has 0 bridgehead atoms. The molecule has 0 radical (unpaired) electrons. The van der Waals surface area contributed by atoms with Gasteiger partial charge in [0.1, 0.15) is 6.04 Å². The molecule has 0 spiro atoms. The molecule has 1 aromatic heterocycles. The maximum atomic E-state index is 11.7. The number of amides is 1. The number of hydrogen-bond donors (Lipinski definition) is 2. The number of nitrogens with one attached hydrogen (secondary N) is 1. The largest absolute Gasteiger partial charge is 0.480 e. The molecule has 0 aromatic carbocycles. The Morgan fingerprint density at radius 2 is 2.18 bits per heavy atom. The first-order chi connectivity index (χ1) is 8.04. The van der Waals surface area contributed by atoms with Crippen LogP contribution in [0.2, 0.25) is 0 Å². The number of carboxylic acid groups (broad SMARTS) is 1. The van der Waals surface area contributed by atoms with E-state index in [2.05, 4.69) is 10.3 Å². The van der Waals surface area contributed by atoms with Gasteiger partial charge >= 0.3 is 5.97 Å². The number of rotatable bonds is 5. The predicted octanol–water partition coefficient (Wildman–Crippen LogP) is 1.37. The van der Waals surface area contributed by atoms with E-state index in [4.69, 9.17) is 5.11 Å². The summed E-state index contributed by atoms with van der Waals surface area (Å²) in [6.45, 7) is 3.69. The highest BCUT2D eigenvalue weighted by molar-refractivity contribution is 5.96. The molecule has 1 amide bonds. The molecule has 0 saturated heterocycles. The lowest BCUT2D eigenvalue weighted by atomic mass is 10.1. The second-order valence-corrected chi connectivity index (χ2v) is 3.84. The average Bonchev–Trinajstić information content (AvgIpc) is 2.29. The van der Waals surface area contributed by atoms with E-state index in [1.165, 1.54) is 6.20 Å². The van der Waals surface area contributed by atoms with Gasteiger partial charge in [-0.25, -0.2) is 4.79 Å². The standard InChI is InChI=1S/C12H16N2O3/c1-3-4-10(12(16)17)14-11(15)9-6-5-8(2)13-7-9/h5-7,10H,3-4H2,1-2H3,(H,14,15)(H,16,17). The van der Waals surface area contributed by atoms with Crippen molar-refractivity contribution in [2.24, 2.45) is 0 Å². The van der Waals surface area contributed by atoms with E-state index in [9.17, 15) is 9.59 Å². The number of hydrogen-bond acceptors (Lipinski definition) is 3. The summed E-state index contributed by atoms with van der Waals surface area (Å²) in [4.78, 5) is 26.6. The Bertz CT molecular complexity index is 401. The molecule has 1 rings (SSSR count). The van der Waals surface area contributed by atoms with Crippen molar-refractivity contribution in [2.45, 2.75) is 32.7 Å². The van der Waals surface area contributed by atoms with Crippen LogP contribution in [0.3, 0.4) is 0 Å². The van der Waals surface area contributed by atoms with Crippen LogP contribution < -0.4 is 5.32 Å². The second kappa shape index (κ2) is 5.98. The van der Waals surface area contributed by atoms with Crippen LogP contribution in [0.25, 0.3) is 0 Å². The van der Waals surface area contributed by atoms with Gasteiger partial charge in [-0.05, 0) is 25.5 Å². The normalized spacial score (nSPS) is 11.9. The number of aliphatic carboxylic acids is 1. The molecule has 2 N–H and O–H groups in total. The van der Waals surface area contributed by atoms with E-state index in [1.807, 2.05) is 13.8 Å². The first kappa shape index (κ1) is 13.2. The number of nitrogens with zero attached hydrogens (tertiary/aromatic N) is 1. The van der Waals surface area contributed by atoms with Crippen LogP contribution in [0.15, 0.2) is 18.3 Å². The Labute approximate surface area is 99.9 Å².